The second kappa shape index (κ2) is 4.09. The number of carbonyl (C=O) groups is 1. The van der Waals surface area contributed by atoms with E-state index in [1.165, 1.54) is 0 Å². The van der Waals surface area contributed by atoms with Crippen molar-refractivity contribution >= 4 is 5.97 Å². The van der Waals surface area contributed by atoms with E-state index < -0.39 is 5.97 Å². The minimum Gasteiger partial charge on any atom is -0.481 e. The van der Waals surface area contributed by atoms with Crippen LogP contribution in [0, 0.1) is 0 Å². The molecule has 0 heterocycles. The van der Waals surface area contributed by atoms with E-state index in [-0.39, 0.29) is 18.1 Å². The van der Waals surface area contributed by atoms with Crippen LogP contribution in [0.2, 0.25) is 0 Å². The highest BCUT2D eigenvalue weighted by molar-refractivity contribution is 5.68. The van der Waals surface area contributed by atoms with Crippen LogP contribution in [0.5, 0.6) is 0 Å². The maximum atomic E-state index is 10.6. The van der Waals surface area contributed by atoms with Crippen molar-refractivity contribution < 1.29 is 14.6 Å². The summed E-state index contributed by atoms with van der Waals surface area (Å²) in [5, 5.41) is 8.72. The van der Waals surface area contributed by atoms with E-state index in [0.717, 1.165) is 25.7 Å². The average molecular weight is 186 g/mol. The number of carboxylic acid groups (broad SMARTS) is 1. The molecule has 0 spiro atoms. The highest BCUT2D eigenvalue weighted by atomic mass is 16.5. The second-order valence-corrected chi connectivity index (χ2v) is 3.94. The molecule has 13 heavy (non-hydrogen) atoms. The first kappa shape index (κ1) is 10.5. The summed E-state index contributed by atoms with van der Waals surface area (Å²) in [6.07, 6.45) is 4.20. The average Bonchev–Trinajstić information content (AvgIpc) is 1.99. The number of hydrogen-bond acceptors (Lipinski definition) is 2. The Morgan fingerprint density at radius 2 is 2.23 bits per heavy atom. The van der Waals surface area contributed by atoms with E-state index in [1.54, 1.807) is 0 Å². The van der Waals surface area contributed by atoms with Gasteiger partial charge in [-0.25, -0.2) is 0 Å². The van der Waals surface area contributed by atoms with Gasteiger partial charge >= 0.3 is 5.97 Å². The third kappa shape index (κ3) is 2.69. The molecule has 0 saturated heterocycles. The van der Waals surface area contributed by atoms with Crippen LogP contribution in [0.4, 0.5) is 0 Å². The molecule has 0 aromatic rings. The largest absolute Gasteiger partial charge is 0.481 e. The molecule has 0 radical (unpaired) electrons. The lowest BCUT2D eigenvalue weighted by atomic mass is 9.77. The molecule has 0 aromatic carbocycles. The first-order valence-corrected chi connectivity index (χ1v) is 4.97. The fourth-order valence-corrected chi connectivity index (χ4v) is 1.69. The molecule has 3 nitrogen and oxygen atoms in total. The summed E-state index contributed by atoms with van der Waals surface area (Å²) in [4.78, 5) is 10.6. The number of hydrogen-bond donors (Lipinski definition) is 1. The lowest BCUT2D eigenvalue weighted by Crippen LogP contribution is -2.44. The van der Waals surface area contributed by atoms with Crippen molar-refractivity contribution in [1.82, 2.24) is 0 Å². The van der Waals surface area contributed by atoms with Gasteiger partial charge in [-0.1, -0.05) is 6.92 Å². The molecule has 3 heteroatoms. The summed E-state index contributed by atoms with van der Waals surface area (Å²) in [6.45, 7) is 4.06. The summed E-state index contributed by atoms with van der Waals surface area (Å²) < 4.78 is 5.75. The summed E-state index contributed by atoms with van der Waals surface area (Å²) in [6, 6.07) is 0. The first-order chi connectivity index (χ1) is 6.08. The Bertz CT molecular complexity index is 185. The van der Waals surface area contributed by atoms with Crippen molar-refractivity contribution in [2.75, 3.05) is 0 Å². The molecular formula is C10H18O3. The predicted molar refractivity (Wildman–Crippen MR) is 49.7 cm³/mol. The molecule has 0 amide bonds. The minimum atomic E-state index is -0.747. The van der Waals surface area contributed by atoms with Gasteiger partial charge in [-0.2, -0.15) is 0 Å². The third-order valence-electron chi connectivity index (χ3n) is 2.76. The second-order valence-electron chi connectivity index (χ2n) is 3.94. The summed E-state index contributed by atoms with van der Waals surface area (Å²) in [7, 11) is 0. The van der Waals surface area contributed by atoms with Gasteiger partial charge in [-0.3, -0.25) is 4.79 Å². The molecule has 1 aliphatic rings. The maximum absolute atomic E-state index is 10.6. The Labute approximate surface area is 79.1 Å². The molecule has 1 fully saturated rings. The van der Waals surface area contributed by atoms with E-state index in [0.29, 0.717) is 0 Å². The Kier molecular flexibility index (Phi) is 3.31. The van der Waals surface area contributed by atoms with Crippen LogP contribution in [-0.2, 0) is 9.53 Å². The molecule has 0 bridgehead atoms. The van der Waals surface area contributed by atoms with Crippen LogP contribution < -0.4 is 0 Å². The molecule has 1 N–H and O–H groups in total. The topological polar surface area (TPSA) is 46.5 Å². The Balaban J connectivity index is 2.44. The first-order valence-electron chi connectivity index (χ1n) is 4.97. The van der Waals surface area contributed by atoms with E-state index in [4.69, 9.17) is 9.84 Å². The van der Waals surface area contributed by atoms with E-state index in [2.05, 4.69) is 6.92 Å². The van der Waals surface area contributed by atoms with Crippen molar-refractivity contribution in [2.45, 2.75) is 57.7 Å². The van der Waals surface area contributed by atoms with Crippen LogP contribution in [0.1, 0.15) is 46.0 Å². The molecule has 0 aromatic heterocycles. The van der Waals surface area contributed by atoms with Crippen molar-refractivity contribution in [2.24, 2.45) is 0 Å². The Hall–Kier alpha value is -0.570. The van der Waals surface area contributed by atoms with E-state index in [9.17, 15) is 4.79 Å². The van der Waals surface area contributed by atoms with Gasteiger partial charge in [0.05, 0.1) is 18.1 Å². The number of aliphatic carboxylic acids is 1. The SMILES string of the molecule is CCC(C)OC1(CC(=O)O)CCC1. The zero-order valence-electron chi connectivity index (χ0n) is 8.38. The lowest BCUT2D eigenvalue weighted by molar-refractivity contribution is -0.164. The van der Waals surface area contributed by atoms with Crippen molar-refractivity contribution in [3.63, 3.8) is 0 Å². The lowest BCUT2D eigenvalue weighted by Gasteiger charge is -2.42. The highest BCUT2D eigenvalue weighted by Crippen LogP contribution is 2.39. The van der Waals surface area contributed by atoms with Crippen molar-refractivity contribution in [3.05, 3.63) is 0 Å². The van der Waals surface area contributed by atoms with Crippen molar-refractivity contribution in [3.8, 4) is 0 Å². The Morgan fingerprint density at radius 3 is 2.54 bits per heavy atom. The number of carboxylic acids is 1. The van der Waals surface area contributed by atoms with E-state index >= 15 is 0 Å². The van der Waals surface area contributed by atoms with Gasteiger partial charge in [0.2, 0.25) is 0 Å². The normalized spacial score (nSPS) is 22.0. The predicted octanol–water partition coefficient (Wildman–Crippen LogP) is 2.20. The molecule has 76 valence electrons. The third-order valence-corrected chi connectivity index (χ3v) is 2.76. The number of rotatable bonds is 5. The molecular weight excluding hydrogens is 168 g/mol. The molecule has 1 rings (SSSR count). The fraction of sp³-hybridized carbons (Fsp3) is 0.900. The molecule has 1 atom stereocenters. The molecule has 1 saturated carbocycles. The maximum Gasteiger partial charge on any atom is 0.306 e. The Morgan fingerprint density at radius 1 is 1.62 bits per heavy atom. The van der Waals surface area contributed by atoms with Crippen LogP contribution in [0.15, 0.2) is 0 Å². The highest BCUT2D eigenvalue weighted by Gasteiger charge is 2.41. The van der Waals surface area contributed by atoms with Gasteiger partial charge < -0.3 is 9.84 Å². The quantitative estimate of drug-likeness (QED) is 0.716. The van der Waals surface area contributed by atoms with Gasteiger partial charge in [-0.15, -0.1) is 0 Å². The standard InChI is InChI=1S/C10H18O3/c1-3-8(2)13-10(5-4-6-10)7-9(11)12/h8H,3-7H2,1-2H3,(H,11,12). The van der Waals surface area contributed by atoms with Crippen LogP contribution >= 0.6 is 0 Å². The smallest absolute Gasteiger partial charge is 0.306 e. The van der Waals surface area contributed by atoms with Crippen LogP contribution in [0.25, 0.3) is 0 Å². The summed E-state index contributed by atoms with van der Waals surface area (Å²) in [5.41, 5.74) is -0.332. The van der Waals surface area contributed by atoms with Gasteiger partial charge in [0.1, 0.15) is 0 Å². The molecule has 0 aliphatic heterocycles. The van der Waals surface area contributed by atoms with Gasteiger partial charge in [0, 0.05) is 0 Å². The molecule has 1 unspecified atom stereocenters. The fourth-order valence-electron chi connectivity index (χ4n) is 1.69. The van der Waals surface area contributed by atoms with Gasteiger partial charge in [0.25, 0.3) is 0 Å². The number of ether oxygens (including phenoxy) is 1. The van der Waals surface area contributed by atoms with Crippen LogP contribution in [0.3, 0.4) is 0 Å². The summed E-state index contributed by atoms with van der Waals surface area (Å²) in [5.74, 6) is -0.747. The minimum absolute atomic E-state index is 0.164. The van der Waals surface area contributed by atoms with Gasteiger partial charge in [0.15, 0.2) is 0 Å². The zero-order valence-corrected chi connectivity index (χ0v) is 8.38. The van der Waals surface area contributed by atoms with Gasteiger partial charge in [-0.05, 0) is 32.6 Å². The zero-order chi connectivity index (χ0) is 9.90. The van der Waals surface area contributed by atoms with E-state index in [1.807, 2.05) is 6.92 Å². The summed E-state index contributed by atoms with van der Waals surface area (Å²) >= 11 is 0. The van der Waals surface area contributed by atoms with Crippen molar-refractivity contribution in [1.29, 1.82) is 0 Å². The molecule has 1 aliphatic carbocycles. The van der Waals surface area contributed by atoms with Crippen LogP contribution in [-0.4, -0.2) is 22.8 Å². The monoisotopic (exact) mass is 186 g/mol.